The molecular weight excluding hydrogens is 450 g/mol. The zero-order chi connectivity index (χ0) is 23.7. The molecule has 0 aliphatic carbocycles. The third-order valence-corrected chi connectivity index (χ3v) is 7.13. The van der Waals surface area contributed by atoms with Crippen LogP contribution in [-0.2, 0) is 17.8 Å². The molecule has 1 amide bonds. The van der Waals surface area contributed by atoms with Gasteiger partial charge in [0.1, 0.15) is 22.7 Å². The summed E-state index contributed by atoms with van der Waals surface area (Å²) < 4.78 is 10.5. The van der Waals surface area contributed by atoms with Crippen LogP contribution >= 0.6 is 11.3 Å². The lowest BCUT2D eigenvalue weighted by molar-refractivity contribution is -0.128. The summed E-state index contributed by atoms with van der Waals surface area (Å²) in [5.74, 6) is 0.683. The van der Waals surface area contributed by atoms with Crippen LogP contribution in [0.5, 0.6) is 11.5 Å². The molecule has 0 fully saturated rings. The van der Waals surface area contributed by atoms with Gasteiger partial charge >= 0.3 is 5.97 Å². The Balaban J connectivity index is 1.23. The van der Waals surface area contributed by atoms with E-state index < -0.39 is 5.97 Å². The fraction of sp³-hybridized carbons (Fsp3) is 0.231. The Bertz CT molecular complexity index is 1250. The van der Waals surface area contributed by atoms with Gasteiger partial charge in [-0.1, -0.05) is 24.3 Å². The second-order valence-electron chi connectivity index (χ2n) is 8.34. The number of nitrogens with one attached hydrogen (secondary N) is 2. The van der Waals surface area contributed by atoms with Crippen LogP contribution in [0.25, 0.3) is 6.08 Å². The molecule has 3 heterocycles. The number of carbonyl (C=O) groups excluding carboxylic acids is 2. The summed E-state index contributed by atoms with van der Waals surface area (Å²) in [7, 11) is 3.71. The Morgan fingerprint density at radius 2 is 1.82 bits per heavy atom. The van der Waals surface area contributed by atoms with Crippen molar-refractivity contribution in [3.63, 3.8) is 0 Å². The molecule has 0 saturated heterocycles. The molecule has 2 aliphatic heterocycles. The minimum Gasteiger partial charge on any atom is -0.497 e. The Hall–Kier alpha value is -3.62. The van der Waals surface area contributed by atoms with Crippen molar-refractivity contribution < 1.29 is 19.1 Å². The molecule has 5 rings (SSSR count). The second-order valence-corrected chi connectivity index (χ2v) is 9.45. The number of esters is 1. The molecule has 34 heavy (non-hydrogen) atoms. The maximum Gasteiger partial charge on any atom is 0.336 e. The van der Waals surface area contributed by atoms with E-state index in [9.17, 15) is 9.59 Å². The molecule has 0 unspecified atom stereocenters. The van der Waals surface area contributed by atoms with Gasteiger partial charge in [-0.25, -0.2) is 4.79 Å². The highest BCUT2D eigenvalue weighted by Crippen LogP contribution is 2.40. The van der Waals surface area contributed by atoms with E-state index in [1.54, 1.807) is 36.7 Å². The molecule has 0 bridgehead atoms. The lowest BCUT2D eigenvalue weighted by atomic mass is 10.0. The molecule has 8 heteroatoms. The summed E-state index contributed by atoms with van der Waals surface area (Å²) in [6.07, 6.45) is 3.63. The number of thiophene rings is 1. The minimum absolute atomic E-state index is 0.0417. The smallest absolute Gasteiger partial charge is 0.336 e. The average Bonchev–Trinajstić information content (AvgIpc) is 3.21. The fourth-order valence-electron chi connectivity index (χ4n) is 4.17. The predicted octanol–water partition coefficient (Wildman–Crippen LogP) is 4.22. The predicted molar refractivity (Wildman–Crippen MR) is 132 cm³/mol. The van der Waals surface area contributed by atoms with Gasteiger partial charge in [0.05, 0.1) is 12.7 Å². The normalized spacial score (nSPS) is 17.5. The van der Waals surface area contributed by atoms with Gasteiger partial charge in [0, 0.05) is 24.0 Å². The van der Waals surface area contributed by atoms with E-state index in [4.69, 9.17) is 9.47 Å². The van der Waals surface area contributed by atoms with Crippen molar-refractivity contribution in [1.82, 2.24) is 10.2 Å². The van der Waals surface area contributed by atoms with E-state index in [2.05, 4.69) is 22.6 Å². The second kappa shape index (κ2) is 9.32. The first-order chi connectivity index (χ1) is 16.5. The monoisotopic (exact) mass is 475 g/mol. The van der Waals surface area contributed by atoms with E-state index in [0.717, 1.165) is 47.0 Å². The number of benzene rings is 2. The van der Waals surface area contributed by atoms with Crippen molar-refractivity contribution in [2.75, 3.05) is 26.0 Å². The van der Waals surface area contributed by atoms with E-state index in [-0.39, 0.29) is 12.1 Å². The number of likely N-dealkylation sites (N-methyl/N-ethyl adjacent to an activating group) is 1. The first-order valence-electron chi connectivity index (χ1n) is 11.0. The van der Waals surface area contributed by atoms with E-state index >= 15 is 0 Å². The molecular formula is C26H25N3O4S. The highest BCUT2D eigenvalue weighted by molar-refractivity contribution is 7.16. The molecule has 0 spiro atoms. The van der Waals surface area contributed by atoms with Gasteiger partial charge in [-0.05, 0) is 60.5 Å². The number of hydrogen-bond donors (Lipinski definition) is 2. The number of rotatable bonds is 5. The number of anilines is 1. The van der Waals surface area contributed by atoms with Crippen LogP contribution in [0.3, 0.4) is 0 Å². The Labute approximate surface area is 202 Å². The lowest BCUT2D eigenvalue weighted by Gasteiger charge is -2.27. The molecule has 0 radical (unpaired) electrons. The minimum atomic E-state index is -0.466. The van der Waals surface area contributed by atoms with E-state index in [0.29, 0.717) is 5.75 Å². The summed E-state index contributed by atoms with van der Waals surface area (Å²) >= 11 is 1.66. The third kappa shape index (κ3) is 4.55. The SMILES string of the molecule is COc1ccc(/C=C\C(=O)Oc2ccc([C@H]3NC(=O)c4c(sc5c4CCN(C)C5)N3)cc2)cc1. The first kappa shape index (κ1) is 22.2. The Morgan fingerprint density at radius 3 is 2.56 bits per heavy atom. The van der Waals surface area contributed by atoms with Crippen LogP contribution in [-0.4, -0.2) is 37.5 Å². The highest BCUT2D eigenvalue weighted by Gasteiger charge is 2.32. The van der Waals surface area contributed by atoms with Crippen LogP contribution in [0.1, 0.15) is 38.1 Å². The van der Waals surface area contributed by atoms with E-state index in [1.165, 1.54) is 16.5 Å². The van der Waals surface area contributed by atoms with Crippen LogP contribution in [0.2, 0.25) is 0 Å². The van der Waals surface area contributed by atoms with Crippen molar-refractivity contribution in [2.24, 2.45) is 0 Å². The van der Waals surface area contributed by atoms with Gasteiger partial charge in [0.2, 0.25) is 0 Å². The number of nitrogens with zero attached hydrogens (tertiary/aromatic N) is 1. The zero-order valence-corrected chi connectivity index (χ0v) is 19.8. The number of methoxy groups -OCH3 is 1. The van der Waals surface area contributed by atoms with Crippen molar-refractivity contribution in [3.8, 4) is 11.5 Å². The maximum atomic E-state index is 12.9. The quantitative estimate of drug-likeness (QED) is 0.327. The number of carbonyl (C=O) groups is 2. The van der Waals surface area contributed by atoms with Crippen molar-refractivity contribution >= 4 is 34.3 Å². The molecule has 2 aliphatic rings. The van der Waals surface area contributed by atoms with Gasteiger partial charge < -0.3 is 25.0 Å². The number of hydrogen-bond acceptors (Lipinski definition) is 7. The van der Waals surface area contributed by atoms with E-state index in [1.807, 2.05) is 36.4 Å². The molecule has 2 aromatic carbocycles. The Morgan fingerprint density at radius 1 is 1.09 bits per heavy atom. The standard InChI is InChI=1S/C26H25N3O4S/c1-29-14-13-20-21(15-29)34-26-23(20)25(31)27-24(28-26)17-6-10-19(11-7-17)33-22(30)12-5-16-3-8-18(32-2)9-4-16/h3-12,24,28H,13-15H2,1-2H3,(H,27,31)/b12-5-/t24-/m0/s1. The summed E-state index contributed by atoms with van der Waals surface area (Å²) in [6.45, 7) is 1.84. The summed E-state index contributed by atoms with van der Waals surface area (Å²) in [4.78, 5) is 28.6. The molecule has 1 atom stereocenters. The van der Waals surface area contributed by atoms with Crippen LogP contribution in [0, 0.1) is 0 Å². The van der Waals surface area contributed by atoms with Crippen molar-refractivity contribution in [1.29, 1.82) is 0 Å². The molecule has 7 nitrogen and oxygen atoms in total. The fourth-order valence-corrected chi connectivity index (χ4v) is 5.52. The Kier molecular flexibility index (Phi) is 6.08. The molecule has 1 aromatic heterocycles. The first-order valence-corrected chi connectivity index (χ1v) is 11.9. The van der Waals surface area contributed by atoms with Gasteiger partial charge in [-0.2, -0.15) is 0 Å². The number of amides is 1. The van der Waals surface area contributed by atoms with Crippen molar-refractivity contribution in [2.45, 2.75) is 19.1 Å². The molecule has 2 N–H and O–H groups in total. The van der Waals surface area contributed by atoms with Crippen LogP contribution in [0.4, 0.5) is 5.00 Å². The van der Waals surface area contributed by atoms with Crippen LogP contribution in [0.15, 0.2) is 54.6 Å². The molecule has 3 aromatic rings. The zero-order valence-electron chi connectivity index (χ0n) is 19.0. The summed E-state index contributed by atoms with van der Waals surface area (Å²) in [5, 5.41) is 7.45. The van der Waals surface area contributed by atoms with Crippen molar-refractivity contribution in [3.05, 3.63) is 81.7 Å². The van der Waals surface area contributed by atoms with Crippen LogP contribution < -0.4 is 20.1 Å². The summed E-state index contributed by atoms with van der Waals surface area (Å²) in [5.41, 5.74) is 3.72. The average molecular weight is 476 g/mol. The number of ether oxygens (including phenoxy) is 2. The third-order valence-electron chi connectivity index (χ3n) is 5.99. The highest BCUT2D eigenvalue weighted by atomic mass is 32.1. The van der Waals surface area contributed by atoms with Gasteiger partial charge in [0.25, 0.3) is 5.91 Å². The molecule has 0 saturated carbocycles. The topological polar surface area (TPSA) is 79.9 Å². The van der Waals surface area contributed by atoms with Gasteiger partial charge in [0.15, 0.2) is 0 Å². The largest absolute Gasteiger partial charge is 0.497 e. The van der Waals surface area contributed by atoms with Gasteiger partial charge in [-0.3, -0.25) is 4.79 Å². The number of fused-ring (bicyclic) bond motifs is 3. The summed E-state index contributed by atoms with van der Waals surface area (Å²) in [6, 6.07) is 14.5. The van der Waals surface area contributed by atoms with Gasteiger partial charge in [-0.15, -0.1) is 11.3 Å². The molecule has 174 valence electrons. The lowest BCUT2D eigenvalue weighted by Crippen LogP contribution is -2.38. The maximum absolute atomic E-state index is 12.9.